The fourth-order valence-electron chi connectivity index (χ4n) is 2.46. The van der Waals surface area contributed by atoms with Crippen LogP contribution in [0.2, 0.25) is 0 Å². The maximum absolute atomic E-state index is 12.5. The second-order valence-corrected chi connectivity index (χ2v) is 6.93. The Labute approximate surface area is 174 Å². The lowest BCUT2D eigenvalue weighted by Gasteiger charge is -2.07. The van der Waals surface area contributed by atoms with Gasteiger partial charge in [-0.1, -0.05) is 6.92 Å². The van der Waals surface area contributed by atoms with E-state index in [9.17, 15) is 24.5 Å². The molecule has 0 aliphatic carbocycles. The van der Waals surface area contributed by atoms with E-state index in [-0.39, 0.29) is 27.9 Å². The normalized spacial score (nSPS) is 10.4. The number of carbonyl (C=O) groups excluding carboxylic acids is 3. The van der Waals surface area contributed by atoms with Crippen molar-refractivity contribution < 1.29 is 33.5 Å². The highest BCUT2D eigenvalue weighted by atomic mass is 32.1. The fraction of sp³-hybridized carbons (Fsp3) is 0.412. The fourth-order valence-corrected chi connectivity index (χ4v) is 3.59. The Morgan fingerprint density at radius 3 is 2.53 bits per heavy atom. The molecular weight excluding hydrogens is 420 g/mol. The van der Waals surface area contributed by atoms with Crippen molar-refractivity contribution in [3.8, 4) is 5.88 Å². The predicted octanol–water partition coefficient (Wildman–Crippen LogP) is 2.16. The number of methoxy groups -OCH3 is 2. The smallest absolute Gasteiger partial charge is 0.350 e. The first kappa shape index (κ1) is 22.8. The lowest BCUT2D eigenvalue weighted by molar-refractivity contribution is -0.385. The van der Waals surface area contributed by atoms with Crippen LogP contribution in [0, 0.1) is 17.0 Å². The van der Waals surface area contributed by atoms with Gasteiger partial charge in [0.05, 0.1) is 31.3 Å². The summed E-state index contributed by atoms with van der Waals surface area (Å²) in [5.41, 5.74) is -0.0278. The summed E-state index contributed by atoms with van der Waals surface area (Å²) >= 11 is 0.867. The number of ether oxygens (including phenoxy) is 3. The second kappa shape index (κ2) is 9.82. The minimum atomic E-state index is -0.688. The van der Waals surface area contributed by atoms with Gasteiger partial charge >= 0.3 is 23.5 Å². The molecule has 0 fully saturated rings. The summed E-state index contributed by atoms with van der Waals surface area (Å²) in [6, 6.07) is 0. The molecule has 0 saturated heterocycles. The summed E-state index contributed by atoms with van der Waals surface area (Å²) in [6.07, 6.45) is 1.65. The molecule has 0 atom stereocenters. The molecule has 2 aromatic heterocycles. The zero-order valence-electron chi connectivity index (χ0n) is 16.7. The number of thiophene rings is 1. The zero-order chi connectivity index (χ0) is 22.4. The third-order valence-corrected chi connectivity index (χ3v) is 5.00. The van der Waals surface area contributed by atoms with E-state index in [1.165, 1.54) is 14.2 Å². The molecule has 1 amide bonds. The van der Waals surface area contributed by atoms with Crippen molar-refractivity contribution >= 4 is 39.9 Å². The number of nitrogens with zero attached hydrogens (tertiary/aromatic N) is 3. The summed E-state index contributed by atoms with van der Waals surface area (Å²) in [7, 11) is 2.42. The molecular formula is C17H20N4O8S. The number of hydrogen-bond donors (Lipinski definition) is 1. The van der Waals surface area contributed by atoms with E-state index < -0.39 is 35.0 Å². The average Bonchev–Trinajstić information content (AvgIpc) is 3.26. The maximum Gasteiger partial charge on any atom is 0.350 e. The van der Waals surface area contributed by atoms with Crippen LogP contribution >= 0.6 is 11.3 Å². The number of anilines is 1. The van der Waals surface area contributed by atoms with E-state index in [1.54, 1.807) is 6.92 Å². The SMILES string of the molecule is CCCOC(=O)c1c(NC(=O)Cn2cc([N+](=O)[O-])c(OC)n2)sc(C(=O)OC)c1C. The van der Waals surface area contributed by atoms with Gasteiger partial charge in [0, 0.05) is 0 Å². The number of carbonyl (C=O) groups is 3. The van der Waals surface area contributed by atoms with E-state index >= 15 is 0 Å². The topological polar surface area (TPSA) is 152 Å². The van der Waals surface area contributed by atoms with Crippen LogP contribution in [-0.2, 0) is 20.8 Å². The zero-order valence-corrected chi connectivity index (χ0v) is 17.5. The summed E-state index contributed by atoms with van der Waals surface area (Å²) in [4.78, 5) is 47.3. The number of aromatic nitrogens is 2. The number of hydrogen-bond acceptors (Lipinski definition) is 10. The third-order valence-electron chi connectivity index (χ3n) is 3.82. The average molecular weight is 440 g/mol. The van der Waals surface area contributed by atoms with Crippen LogP contribution in [0.5, 0.6) is 5.88 Å². The molecule has 0 aromatic carbocycles. The second-order valence-electron chi connectivity index (χ2n) is 5.91. The molecule has 0 aliphatic heterocycles. The summed E-state index contributed by atoms with van der Waals surface area (Å²) in [6.45, 7) is 3.15. The van der Waals surface area contributed by atoms with Gasteiger partial charge in [-0.15, -0.1) is 16.4 Å². The Balaban J connectivity index is 2.29. The number of nitro groups is 1. The Hall–Kier alpha value is -3.48. The highest BCUT2D eigenvalue weighted by Gasteiger charge is 2.28. The highest BCUT2D eigenvalue weighted by Crippen LogP contribution is 2.34. The van der Waals surface area contributed by atoms with E-state index in [0.29, 0.717) is 12.0 Å². The Morgan fingerprint density at radius 1 is 1.30 bits per heavy atom. The van der Waals surface area contributed by atoms with Crippen molar-refractivity contribution in [1.29, 1.82) is 0 Å². The quantitative estimate of drug-likeness (QED) is 0.351. The Morgan fingerprint density at radius 2 is 2.00 bits per heavy atom. The minimum Gasteiger partial charge on any atom is -0.475 e. The van der Waals surface area contributed by atoms with Gasteiger partial charge in [0.25, 0.3) is 0 Å². The van der Waals surface area contributed by atoms with E-state index in [2.05, 4.69) is 10.4 Å². The number of nitrogens with one attached hydrogen (secondary N) is 1. The third kappa shape index (κ3) is 4.92. The van der Waals surface area contributed by atoms with Gasteiger partial charge in [0.1, 0.15) is 22.6 Å². The molecule has 12 nitrogen and oxygen atoms in total. The van der Waals surface area contributed by atoms with Crippen molar-refractivity contribution in [2.45, 2.75) is 26.8 Å². The van der Waals surface area contributed by atoms with Gasteiger partial charge in [-0.05, 0) is 18.9 Å². The van der Waals surface area contributed by atoms with E-state index in [0.717, 1.165) is 22.2 Å². The van der Waals surface area contributed by atoms with Gasteiger partial charge < -0.3 is 19.5 Å². The largest absolute Gasteiger partial charge is 0.475 e. The molecule has 162 valence electrons. The lowest BCUT2D eigenvalue weighted by Crippen LogP contribution is -2.20. The first-order valence-electron chi connectivity index (χ1n) is 8.67. The first-order valence-corrected chi connectivity index (χ1v) is 9.49. The van der Waals surface area contributed by atoms with Crippen molar-refractivity contribution in [3.05, 3.63) is 32.3 Å². The number of amides is 1. The van der Waals surface area contributed by atoms with Crippen LogP contribution in [0.25, 0.3) is 0 Å². The molecule has 13 heteroatoms. The molecule has 0 saturated carbocycles. The summed E-state index contributed by atoms with van der Waals surface area (Å²) in [5, 5.41) is 17.4. The van der Waals surface area contributed by atoms with Gasteiger partial charge in [0.15, 0.2) is 0 Å². The van der Waals surface area contributed by atoms with Crippen molar-refractivity contribution in [2.75, 3.05) is 26.1 Å². The summed E-state index contributed by atoms with van der Waals surface area (Å²) in [5.74, 6) is -2.21. The molecule has 1 N–H and O–H groups in total. The molecule has 30 heavy (non-hydrogen) atoms. The van der Waals surface area contributed by atoms with E-state index in [1.807, 2.05) is 6.92 Å². The van der Waals surface area contributed by atoms with Crippen LogP contribution in [0.1, 0.15) is 38.9 Å². The number of esters is 2. The van der Waals surface area contributed by atoms with Gasteiger partial charge in [-0.2, -0.15) is 0 Å². The maximum atomic E-state index is 12.5. The first-order chi connectivity index (χ1) is 14.2. The Bertz CT molecular complexity index is 981. The molecule has 0 bridgehead atoms. The molecule has 2 rings (SSSR count). The number of rotatable bonds is 9. The van der Waals surface area contributed by atoms with Crippen LogP contribution in [0.3, 0.4) is 0 Å². The van der Waals surface area contributed by atoms with Crippen LogP contribution in [0.15, 0.2) is 6.20 Å². The Kier molecular flexibility index (Phi) is 7.47. The predicted molar refractivity (Wildman–Crippen MR) is 105 cm³/mol. The van der Waals surface area contributed by atoms with Gasteiger partial charge in [0.2, 0.25) is 5.91 Å². The van der Waals surface area contributed by atoms with Crippen LogP contribution < -0.4 is 10.1 Å². The molecule has 2 aromatic rings. The molecule has 0 unspecified atom stereocenters. The molecule has 0 radical (unpaired) electrons. The standard InChI is InChI=1S/C17H20N4O8S/c1-5-6-29-16(23)12-9(2)13(17(24)28-4)30-15(12)18-11(22)8-20-7-10(21(25)26)14(19-20)27-3/h7H,5-6,8H2,1-4H3,(H,18,22). The molecule has 2 heterocycles. The van der Waals surface area contributed by atoms with Crippen LogP contribution in [-0.4, -0.2) is 53.4 Å². The van der Waals surface area contributed by atoms with Crippen LogP contribution in [0.4, 0.5) is 10.7 Å². The van der Waals surface area contributed by atoms with Gasteiger partial charge in [-0.3, -0.25) is 19.6 Å². The van der Waals surface area contributed by atoms with E-state index in [4.69, 9.17) is 14.2 Å². The van der Waals surface area contributed by atoms with Crippen molar-refractivity contribution in [2.24, 2.45) is 0 Å². The lowest BCUT2D eigenvalue weighted by atomic mass is 10.1. The molecule has 0 spiro atoms. The monoisotopic (exact) mass is 440 g/mol. The van der Waals surface area contributed by atoms with Crippen molar-refractivity contribution in [1.82, 2.24) is 9.78 Å². The summed E-state index contributed by atoms with van der Waals surface area (Å²) < 4.78 is 15.7. The highest BCUT2D eigenvalue weighted by molar-refractivity contribution is 7.18. The van der Waals surface area contributed by atoms with Gasteiger partial charge in [-0.25, -0.2) is 9.59 Å². The minimum absolute atomic E-state index is 0.0474. The molecule has 0 aliphatic rings. The van der Waals surface area contributed by atoms with Crippen molar-refractivity contribution in [3.63, 3.8) is 0 Å².